The summed E-state index contributed by atoms with van der Waals surface area (Å²) in [5.74, 6) is -0.336. The smallest absolute Gasteiger partial charge is 0.274 e. The number of carbonyl (C=O) groups is 1. The number of rotatable bonds is 7. The van der Waals surface area contributed by atoms with Crippen molar-refractivity contribution in [3.05, 3.63) is 86.7 Å². The summed E-state index contributed by atoms with van der Waals surface area (Å²) in [7, 11) is 0. The topological polar surface area (TPSA) is 115 Å². The fraction of sp³-hybridized carbons (Fsp3) is 0.158. The predicted octanol–water partition coefficient (Wildman–Crippen LogP) is 3.61. The molecule has 1 heterocycles. The predicted molar refractivity (Wildman–Crippen MR) is 104 cm³/mol. The van der Waals surface area contributed by atoms with Crippen molar-refractivity contribution in [2.24, 2.45) is 5.73 Å². The maximum atomic E-state index is 11.3. The Kier molecular flexibility index (Phi) is 5.56. The van der Waals surface area contributed by atoms with Gasteiger partial charge in [-0.05, 0) is 18.6 Å². The second-order valence-electron chi connectivity index (χ2n) is 6.03. The Morgan fingerprint density at radius 1 is 1.26 bits per heavy atom. The average Bonchev–Trinajstić information content (AvgIpc) is 3.00. The van der Waals surface area contributed by atoms with Gasteiger partial charge in [-0.1, -0.05) is 48.2 Å². The van der Waals surface area contributed by atoms with Crippen LogP contribution >= 0.6 is 11.8 Å². The lowest BCUT2D eigenvalue weighted by molar-refractivity contribution is -0.385. The van der Waals surface area contributed by atoms with E-state index in [0.717, 1.165) is 17.8 Å². The number of aromatic nitrogens is 2. The molecule has 0 radical (unpaired) electrons. The van der Waals surface area contributed by atoms with Crippen molar-refractivity contribution < 1.29 is 9.72 Å². The first-order valence-corrected chi connectivity index (χ1v) is 9.22. The molecule has 8 heteroatoms. The van der Waals surface area contributed by atoms with Gasteiger partial charge in [-0.2, -0.15) is 0 Å². The summed E-state index contributed by atoms with van der Waals surface area (Å²) >= 11 is 1.38. The Hall–Kier alpha value is -3.13. The lowest BCUT2D eigenvalue weighted by Gasteiger charge is -2.03. The van der Waals surface area contributed by atoms with Crippen molar-refractivity contribution in [3.8, 4) is 0 Å². The van der Waals surface area contributed by atoms with Crippen molar-refractivity contribution in [2.45, 2.75) is 24.3 Å². The van der Waals surface area contributed by atoms with E-state index >= 15 is 0 Å². The number of nitrogens with one attached hydrogen (secondary N) is 1. The molecule has 0 unspecified atom stereocenters. The molecule has 0 saturated carbocycles. The van der Waals surface area contributed by atoms with Gasteiger partial charge in [0.1, 0.15) is 0 Å². The van der Waals surface area contributed by atoms with Crippen molar-refractivity contribution >= 4 is 23.4 Å². The van der Waals surface area contributed by atoms with E-state index in [1.807, 2.05) is 37.3 Å². The third-order valence-electron chi connectivity index (χ3n) is 4.11. The van der Waals surface area contributed by atoms with Crippen LogP contribution in [0.3, 0.4) is 0 Å². The van der Waals surface area contributed by atoms with Gasteiger partial charge in [0.2, 0.25) is 5.91 Å². The molecule has 0 aliphatic rings. The molecule has 2 aromatic carbocycles. The average molecular weight is 382 g/mol. The zero-order valence-electron chi connectivity index (χ0n) is 14.6. The minimum atomic E-state index is -0.690. The Balaban J connectivity index is 1.75. The Morgan fingerprint density at radius 2 is 2.00 bits per heavy atom. The van der Waals surface area contributed by atoms with Crippen LogP contribution in [0.2, 0.25) is 0 Å². The molecule has 3 N–H and O–H groups in total. The molecule has 1 aromatic heterocycles. The third-order valence-corrected chi connectivity index (χ3v) is 5.03. The molecule has 0 saturated heterocycles. The quantitative estimate of drug-likeness (QED) is 0.368. The second-order valence-corrected chi connectivity index (χ2v) is 6.99. The molecular weight excluding hydrogens is 364 g/mol. The monoisotopic (exact) mass is 382 g/mol. The van der Waals surface area contributed by atoms with E-state index in [4.69, 9.17) is 5.73 Å². The standard InChI is InChI=1S/C19H18N4O3S/c1-12-16(9-13-5-3-2-4-6-13)22-19(21-12)27-11-15-8-7-14(18(20)24)10-17(15)23(25)26/h2-8,10H,9,11H2,1H3,(H2,20,24)(H,21,22). The molecule has 27 heavy (non-hydrogen) atoms. The van der Waals surface area contributed by atoms with Crippen LogP contribution in [-0.4, -0.2) is 20.8 Å². The molecule has 1 amide bonds. The summed E-state index contributed by atoms with van der Waals surface area (Å²) in [4.78, 5) is 29.8. The molecule has 0 bridgehead atoms. The zero-order valence-corrected chi connectivity index (χ0v) is 15.5. The number of H-pyrrole nitrogens is 1. The number of hydrogen-bond acceptors (Lipinski definition) is 5. The van der Waals surface area contributed by atoms with Gasteiger partial charge in [0.25, 0.3) is 5.69 Å². The number of primary amides is 1. The van der Waals surface area contributed by atoms with Gasteiger partial charge in [-0.15, -0.1) is 0 Å². The lowest BCUT2D eigenvalue weighted by atomic mass is 10.1. The molecule has 3 aromatic rings. The molecule has 0 spiro atoms. The number of imidazole rings is 1. The number of aromatic amines is 1. The first kappa shape index (κ1) is 18.7. The van der Waals surface area contributed by atoms with Crippen LogP contribution in [-0.2, 0) is 12.2 Å². The first-order chi connectivity index (χ1) is 12.9. The molecule has 3 rings (SSSR count). The number of nitrogens with zero attached hydrogens (tertiary/aromatic N) is 2. The minimum absolute atomic E-state index is 0.119. The fourth-order valence-electron chi connectivity index (χ4n) is 2.65. The van der Waals surface area contributed by atoms with Crippen LogP contribution in [0, 0.1) is 17.0 Å². The largest absolute Gasteiger partial charge is 0.366 e. The van der Waals surface area contributed by atoms with E-state index in [1.54, 1.807) is 6.07 Å². The summed E-state index contributed by atoms with van der Waals surface area (Å²) in [6.45, 7) is 1.96. The highest BCUT2D eigenvalue weighted by Crippen LogP contribution is 2.28. The van der Waals surface area contributed by atoms with Crippen LogP contribution < -0.4 is 5.73 Å². The van der Waals surface area contributed by atoms with Gasteiger partial charge in [0, 0.05) is 35.1 Å². The Labute approximate surface area is 160 Å². The van der Waals surface area contributed by atoms with Gasteiger partial charge in [0.05, 0.1) is 10.6 Å². The number of nitro benzene ring substituents is 1. The summed E-state index contributed by atoms with van der Waals surface area (Å²) < 4.78 is 0. The number of aryl methyl sites for hydroxylation is 1. The Morgan fingerprint density at radius 3 is 2.67 bits per heavy atom. The molecule has 0 aliphatic heterocycles. The number of thioether (sulfide) groups is 1. The number of nitro groups is 1. The van der Waals surface area contributed by atoms with Gasteiger partial charge >= 0.3 is 0 Å². The third kappa shape index (κ3) is 4.53. The normalized spacial score (nSPS) is 10.7. The van der Waals surface area contributed by atoms with E-state index in [0.29, 0.717) is 16.5 Å². The molecule has 7 nitrogen and oxygen atoms in total. The molecule has 138 valence electrons. The molecular formula is C19H18N4O3S. The molecule has 0 atom stereocenters. The fourth-order valence-corrected chi connectivity index (χ4v) is 3.59. The van der Waals surface area contributed by atoms with Crippen molar-refractivity contribution in [1.29, 1.82) is 0 Å². The van der Waals surface area contributed by atoms with Crippen molar-refractivity contribution in [2.75, 3.05) is 0 Å². The van der Waals surface area contributed by atoms with Crippen LogP contribution in [0.15, 0.2) is 53.7 Å². The zero-order chi connectivity index (χ0) is 19.4. The van der Waals surface area contributed by atoms with Gasteiger partial charge in [0.15, 0.2) is 5.16 Å². The lowest BCUT2D eigenvalue weighted by Crippen LogP contribution is -2.11. The van der Waals surface area contributed by atoms with E-state index in [9.17, 15) is 14.9 Å². The molecule has 0 fully saturated rings. The highest BCUT2D eigenvalue weighted by atomic mass is 32.2. The van der Waals surface area contributed by atoms with E-state index < -0.39 is 10.8 Å². The van der Waals surface area contributed by atoms with Gasteiger partial charge in [-0.25, -0.2) is 4.98 Å². The highest BCUT2D eigenvalue weighted by molar-refractivity contribution is 7.98. The summed E-state index contributed by atoms with van der Waals surface area (Å²) in [6.07, 6.45) is 0.719. The van der Waals surface area contributed by atoms with Gasteiger partial charge < -0.3 is 10.7 Å². The number of hydrogen-bond donors (Lipinski definition) is 2. The summed E-state index contributed by atoms with van der Waals surface area (Å²) in [6, 6.07) is 14.3. The minimum Gasteiger partial charge on any atom is -0.366 e. The highest BCUT2D eigenvalue weighted by Gasteiger charge is 2.17. The number of carbonyl (C=O) groups excluding carboxylic acids is 1. The summed E-state index contributed by atoms with van der Waals surface area (Å²) in [5.41, 5.74) is 8.79. The van der Waals surface area contributed by atoms with Gasteiger partial charge in [-0.3, -0.25) is 14.9 Å². The maximum absolute atomic E-state index is 11.3. The van der Waals surface area contributed by atoms with Crippen LogP contribution in [0.5, 0.6) is 0 Å². The number of nitrogens with two attached hydrogens (primary N) is 1. The maximum Gasteiger partial charge on any atom is 0.274 e. The van der Waals surface area contributed by atoms with E-state index in [1.165, 1.54) is 29.5 Å². The first-order valence-electron chi connectivity index (χ1n) is 8.23. The Bertz CT molecular complexity index is 986. The van der Waals surface area contributed by atoms with Crippen molar-refractivity contribution in [3.63, 3.8) is 0 Å². The number of benzene rings is 2. The van der Waals surface area contributed by atoms with E-state index in [2.05, 4.69) is 9.97 Å². The van der Waals surface area contributed by atoms with E-state index in [-0.39, 0.29) is 11.3 Å². The van der Waals surface area contributed by atoms with Crippen LogP contribution in [0.4, 0.5) is 5.69 Å². The van der Waals surface area contributed by atoms with Crippen LogP contribution in [0.25, 0.3) is 0 Å². The number of amides is 1. The summed E-state index contributed by atoms with van der Waals surface area (Å²) in [5, 5.41) is 12.0. The van der Waals surface area contributed by atoms with Crippen molar-refractivity contribution in [1.82, 2.24) is 9.97 Å². The van der Waals surface area contributed by atoms with Crippen LogP contribution in [0.1, 0.15) is 32.9 Å². The molecule has 0 aliphatic carbocycles. The second kappa shape index (κ2) is 8.05. The SMILES string of the molecule is Cc1[nH]c(SCc2ccc(C(N)=O)cc2[N+](=O)[O-])nc1Cc1ccccc1.